The van der Waals surface area contributed by atoms with Gasteiger partial charge in [-0.15, -0.1) is 0 Å². The van der Waals surface area contributed by atoms with Crippen LogP contribution in [0.1, 0.15) is 75.3 Å². The normalized spacial score (nSPS) is 23.4. The third-order valence-electron chi connectivity index (χ3n) is 5.34. The van der Waals surface area contributed by atoms with Crippen molar-refractivity contribution in [3.8, 4) is 5.75 Å². The predicted molar refractivity (Wildman–Crippen MR) is 89.7 cm³/mol. The molecule has 0 saturated heterocycles. The maximum Gasteiger partial charge on any atom is 0.201 e. The van der Waals surface area contributed by atoms with Crippen LogP contribution in [0.5, 0.6) is 5.75 Å². The molecule has 0 aromatic heterocycles. The second-order valence-corrected chi connectivity index (χ2v) is 6.94. The molecule has 0 atom stereocenters. The molecule has 0 amide bonds. The highest BCUT2D eigenvalue weighted by atomic mass is 19.2. The van der Waals surface area contributed by atoms with Crippen LogP contribution in [0, 0.1) is 17.6 Å². The fourth-order valence-electron chi connectivity index (χ4n) is 3.97. The lowest BCUT2D eigenvalue weighted by molar-refractivity contribution is 0.294. The van der Waals surface area contributed by atoms with E-state index < -0.39 is 11.6 Å². The third kappa shape index (κ3) is 3.59. The minimum atomic E-state index is -0.813. The number of fused-ring (bicyclic) bond motifs is 1. The van der Waals surface area contributed by atoms with Crippen LogP contribution in [-0.2, 0) is 0 Å². The predicted octanol–water partition coefficient (Wildman–Crippen LogP) is 6.22. The molecule has 1 fully saturated rings. The Bertz CT molecular complexity index is 571. The van der Waals surface area contributed by atoms with E-state index in [0.29, 0.717) is 17.7 Å². The van der Waals surface area contributed by atoms with E-state index >= 15 is 0 Å². The van der Waals surface area contributed by atoms with Crippen molar-refractivity contribution >= 4 is 6.08 Å². The Labute approximate surface area is 137 Å². The molecule has 0 bridgehead atoms. The summed E-state index contributed by atoms with van der Waals surface area (Å²) in [6.07, 6.45) is 13.0. The van der Waals surface area contributed by atoms with Gasteiger partial charge < -0.3 is 4.74 Å². The molecule has 0 unspecified atom stereocenters. The van der Waals surface area contributed by atoms with Gasteiger partial charge >= 0.3 is 0 Å². The first-order valence-electron chi connectivity index (χ1n) is 9.02. The zero-order valence-corrected chi connectivity index (χ0v) is 13.9. The SMILES string of the molecule is CCCCC[C@H]1CC[C@H](c2cc3c(c(F)c2F)OCC=C3)CC1. The van der Waals surface area contributed by atoms with Crippen LogP contribution >= 0.6 is 0 Å². The fraction of sp³-hybridized carbons (Fsp3) is 0.600. The maximum absolute atomic E-state index is 14.4. The first kappa shape index (κ1) is 16.5. The van der Waals surface area contributed by atoms with Gasteiger partial charge in [-0.2, -0.15) is 4.39 Å². The van der Waals surface area contributed by atoms with Crippen molar-refractivity contribution in [1.29, 1.82) is 0 Å². The smallest absolute Gasteiger partial charge is 0.201 e. The second kappa shape index (κ2) is 7.46. The Hall–Kier alpha value is -1.38. The molecule has 0 radical (unpaired) electrons. The summed E-state index contributed by atoms with van der Waals surface area (Å²) in [5.41, 5.74) is 1.22. The Kier molecular flexibility index (Phi) is 5.34. The molecule has 2 aliphatic rings. The number of unbranched alkanes of at least 4 members (excludes halogenated alkanes) is 2. The van der Waals surface area contributed by atoms with Gasteiger partial charge in [0.1, 0.15) is 6.61 Å². The molecule has 1 saturated carbocycles. The minimum absolute atomic E-state index is 0.0713. The summed E-state index contributed by atoms with van der Waals surface area (Å²) in [4.78, 5) is 0. The van der Waals surface area contributed by atoms with Crippen molar-refractivity contribution in [1.82, 2.24) is 0 Å². The monoisotopic (exact) mass is 320 g/mol. The quantitative estimate of drug-likeness (QED) is 0.585. The fourth-order valence-corrected chi connectivity index (χ4v) is 3.97. The number of rotatable bonds is 5. The molecule has 1 heterocycles. The van der Waals surface area contributed by atoms with Crippen molar-refractivity contribution in [2.75, 3.05) is 6.61 Å². The van der Waals surface area contributed by atoms with E-state index in [2.05, 4.69) is 6.92 Å². The molecule has 1 nitrogen and oxygen atoms in total. The van der Waals surface area contributed by atoms with Gasteiger partial charge in [0, 0.05) is 5.56 Å². The molecule has 3 heteroatoms. The average Bonchev–Trinajstić information content (AvgIpc) is 2.59. The first-order valence-corrected chi connectivity index (χ1v) is 9.02. The summed E-state index contributed by atoms with van der Waals surface area (Å²) < 4.78 is 33.9. The van der Waals surface area contributed by atoms with Crippen LogP contribution in [-0.4, -0.2) is 6.61 Å². The van der Waals surface area contributed by atoms with Crippen LogP contribution < -0.4 is 4.74 Å². The molecule has 0 spiro atoms. The van der Waals surface area contributed by atoms with E-state index in [1.165, 1.54) is 25.7 Å². The topological polar surface area (TPSA) is 9.23 Å². The van der Waals surface area contributed by atoms with Gasteiger partial charge in [-0.05, 0) is 55.2 Å². The van der Waals surface area contributed by atoms with Crippen LogP contribution in [0.25, 0.3) is 6.08 Å². The van der Waals surface area contributed by atoms with Gasteiger partial charge in [-0.3, -0.25) is 0 Å². The van der Waals surface area contributed by atoms with Crippen molar-refractivity contribution in [3.05, 3.63) is 34.9 Å². The summed E-state index contributed by atoms with van der Waals surface area (Å²) >= 11 is 0. The lowest BCUT2D eigenvalue weighted by Gasteiger charge is -2.29. The second-order valence-electron chi connectivity index (χ2n) is 6.94. The molecule has 1 aromatic rings. The van der Waals surface area contributed by atoms with Gasteiger partial charge in [-0.1, -0.05) is 38.7 Å². The van der Waals surface area contributed by atoms with Gasteiger partial charge in [0.25, 0.3) is 0 Å². The van der Waals surface area contributed by atoms with Crippen LogP contribution in [0.15, 0.2) is 12.1 Å². The molecule has 23 heavy (non-hydrogen) atoms. The van der Waals surface area contributed by atoms with Gasteiger partial charge in [0.2, 0.25) is 5.82 Å². The Morgan fingerprint density at radius 1 is 1.09 bits per heavy atom. The molecule has 1 aromatic carbocycles. The maximum atomic E-state index is 14.4. The van der Waals surface area contributed by atoms with Gasteiger partial charge in [-0.25, -0.2) is 4.39 Å². The number of halogens is 2. The largest absolute Gasteiger partial charge is 0.486 e. The lowest BCUT2D eigenvalue weighted by atomic mass is 9.76. The highest BCUT2D eigenvalue weighted by Crippen LogP contribution is 2.41. The third-order valence-corrected chi connectivity index (χ3v) is 5.34. The van der Waals surface area contributed by atoms with E-state index in [1.807, 2.05) is 12.2 Å². The van der Waals surface area contributed by atoms with Crippen molar-refractivity contribution in [2.45, 2.75) is 64.2 Å². The van der Waals surface area contributed by atoms with E-state index in [0.717, 1.165) is 31.6 Å². The number of hydrogen-bond acceptors (Lipinski definition) is 1. The first-order chi connectivity index (χ1) is 11.2. The molecule has 3 rings (SSSR count). The standard InChI is InChI=1S/C20H26F2O/c1-2-3-4-6-14-8-10-15(11-9-14)17-13-16-7-5-12-23-20(16)19(22)18(17)21/h5,7,13-15H,2-4,6,8-12H2,1H3/t14-,15-. The highest BCUT2D eigenvalue weighted by molar-refractivity contribution is 5.61. The van der Waals surface area contributed by atoms with E-state index in [1.54, 1.807) is 6.07 Å². The zero-order valence-electron chi connectivity index (χ0n) is 13.9. The summed E-state index contributed by atoms with van der Waals surface area (Å²) in [6, 6.07) is 1.80. The molecule has 1 aliphatic carbocycles. The molecular formula is C20H26F2O. The highest BCUT2D eigenvalue weighted by Gasteiger charge is 2.28. The summed E-state index contributed by atoms with van der Waals surface area (Å²) in [7, 11) is 0. The Morgan fingerprint density at radius 3 is 2.61 bits per heavy atom. The van der Waals surface area contributed by atoms with Crippen molar-refractivity contribution < 1.29 is 13.5 Å². The lowest BCUT2D eigenvalue weighted by Crippen LogP contribution is -2.16. The van der Waals surface area contributed by atoms with E-state index in [-0.39, 0.29) is 11.7 Å². The molecule has 1 aliphatic heterocycles. The molecule has 0 N–H and O–H groups in total. The van der Waals surface area contributed by atoms with Gasteiger partial charge in [0.05, 0.1) is 0 Å². The van der Waals surface area contributed by atoms with Crippen LogP contribution in [0.4, 0.5) is 8.78 Å². The number of hydrogen-bond donors (Lipinski definition) is 0. The van der Waals surface area contributed by atoms with Crippen LogP contribution in [0.3, 0.4) is 0 Å². The summed E-state index contributed by atoms with van der Waals surface area (Å²) in [5, 5.41) is 0. The number of benzene rings is 1. The minimum Gasteiger partial charge on any atom is -0.486 e. The van der Waals surface area contributed by atoms with E-state index in [9.17, 15) is 8.78 Å². The summed E-state index contributed by atoms with van der Waals surface area (Å²) in [6.45, 7) is 2.54. The Morgan fingerprint density at radius 2 is 1.87 bits per heavy atom. The molecular weight excluding hydrogens is 294 g/mol. The van der Waals surface area contributed by atoms with Crippen molar-refractivity contribution in [3.63, 3.8) is 0 Å². The summed E-state index contributed by atoms with van der Waals surface area (Å²) in [5.74, 6) is -0.526. The van der Waals surface area contributed by atoms with Crippen molar-refractivity contribution in [2.24, 2.45) is 5.92 Å². The zero-order chi connectivity index (χ0) is 16.2. The number of ether oxygens (including phenoxy) is 1. The Balaban J connectivity index is 1.69. The molecule has 126 valence electrons. The average molecular weight is 320 g/mol. The van der Waals surface area contributed by atoms with Crippen LogP contribution in [0.2, 0.25) is 0 Å². The van der Waals surface area contributed by atoms with E-state index in [4.69, 9.17) is 4.74 Å². The van der Waals surface area contributed by atoms with Gasteiger partial charge in [0.15, 0.2) is 11.6 Å².